The minimum absolute atomic E-state index is 0.0146. The molecule has 1 aliphatic rings. The Morgan fingerprint density at radius 3 is 2.67 bits per heavy atom. The number of carbonyl (C=O) groups is 2. The lowest BCUT2D eigenvalue weighted by molar-refractivity contribution is -0.113. The van der Waals surface area contributed by atoms with Crippen molar-refractivity contribution in [2.24, 2.45) is 0 Å². The van der Waals surface area contributed by atoms with Crippen LogP contribution in [0.2, 0.25) is 0 Å². The summed E-state index contributed by atoms with van der Waals surface area (Å²) in [5, 5.41) is 4.26. The first-order chi connectivity index (χ1) is 11.5. The molecule has 0 aliphatic carbocycles. The predicted molar refractivity (Wildman–Crippen MR) is 91.6 cm³/mol. The maximum atomic E-state index is 12.8. The van der Waals surface area contributed by atoms with Crippen LogP contribution in [0, 0.1) is 0 Å². The molecule has 2 aromatic rings. The number of carbonyl (C=O) groups excluding carboxylic acids is 2. The van der Waals surface area contributed by atoms with Crippen LogP contribution in [0.15, 0.2) is 49.2 Å². The number of rotatable bonds is 3. The van der Waals surface area contributed by atoms with Crippen LogP contribution in [-0.2, 0) is 17.9 Å². The molecule has 124 valence electrons. The quantitative estimate of drug-likeness (QED) is 0.812. The van der Waals surface area contributed by atoms with E-state index in [2.05, 4.69) is 11.7 Å². The Morgan fingerprint density at radius 2 is 2.00 bits per heavy atom. The zero-order valence-corrected chi connectivity index (χ0v) is 13.8. The van der Waals surface area contributed by atoms with Gasteiger partial charge in [0, 0.05) is 30.5 Å². The van der Waals surface area contributed by atoms with Crippen LogP contribution in [0.25, 0.3) is 0 Å². The van der Waals surface area contributed by atoms with Crippen LogP contribution in [0.4, 0.5) is 5.69 Å². The number of anilines is 1. The minimum Gasteiger partial charge on any atom is -0.328 e. The molecule has 1 aliphatic heterocycles. The zero-order chi connectivity index (χ0) is 17.3. The van der Waals surface area contributed by atoms with E-state index in [0.29, 0.717) is 18.7 Å². The third-order valence-corrected chi connectivity index (χ3v) is 4.37. The van der Waals surface area contributed by atoms with E-state index in [4.69, 9.17) is 0 Å². The monoisotopic (exact) mass is 324 g/mol. The van der Waals surface area contributed by atoms with Crippen LogP contribution in [-0.4, -0.2) is 39.6 Å². The van der Waals surface area contributed by atoms with E-state index >= 15 is 0 Å². The highest BCUT2D eigenvalue weighted by molar-refractivity contribution is 6.01. The Bertz CT molecular complexity index is 779. The molecule has 3 rings (SSSR count). The third-order valence-electron chi connectivity index (χ3n) is 4.37. The molecule has 1 atom stereocenters. The van der Waals surface area contributed by atoms with E-state index < -0.39 is 0 Å². The number of hydrogen-bond donors (Lipinski definition) is 0. The molecule has 0 saturated heterocycles. The molecule has 6 nitrogen and oxygen atoms in total. The molecule has 24 heavy (non-hydrogen) atoms. The lowest BCUT2D eigenvalue weighted by atomic mass is 10.1. The van der Waals surface area contributed by atoms with Gasteiger partial charge in [-0.05, 0) is 43.3 Å². The Kier molecular flexibility index (Phi) is 4.20. The number of nitrogens with zero attached hydrogens (tertiary/aromatic N) is 4. The molecule has 0 N–H and O–H groups in total. The molecule has 1 aromatic heterocycles. The molecule has 0 saturated carbocycles. The summed E-state index contributed by atoms with van der Waals surface area (Å²) < 4.78 is 1.94. The van der Waals surface area contributed by atoms with Crippen LogP contribution < -0.4 is 4.90 Å². The molecule has 2 amide bonds. The molecule has 2 heterocycles. The predicted octanol–water partition coefficient (Wildman–Crippen LogP) is 2.08. The summed E-state index contributed by atoms with van der Waals surface area (Å²) in [6, 6.07) is 9.06. The Labute approximate surface area is 141 Å². The number of aromatic nitrogens is 2. The molecule has 0 radical (unpaired) electrons. The largest absolute Gasteiger partial charge is 0.328 e. The number of benzene rings is 1. The van der Waals surface area contributed by atoms with Gasteiger partial charge in [0.15, 0.2) is 0 Å². The van der Waals surface area contributed by atoms with Gasteiger partial charge in [-0.1, -0.05) is 6.58 Å². The summed E-state index contributed by atoms with van der Waals surface area (Å²) in [5.41, 5.74) is 2.37. The SMILES string of the molecule is C=CC(=O)N(C)c1ccc(C(=O)N2Cc3ccnn3CC2C)cc1. The summed E-state index contributed by atoms with van der Waals surface area (Å²) in [6.45, 7) is 6.75. The summed E-state index contributed by atoms with van der Waals surface area (Å²) in [4.78, 5) is 27.8. The van der Waals surface area contributed by atoms with Gasteiger partial charge in [0.2, 0.25) is 5.91 Å². The van der Waals surface area contributed by atoms with Crippen molar-refractivity contribution in [1.29, 1.82) is 0 Å². The first kappa shape index (κ1) is 16.0. The lowest BCUT2D eigenvalue weighted by Gasteiger charge is -2.34. The molecule has 0 fully saturated rings. The number of hydrogen-bond acceptors (Lipinski definition) is 3. The van der Waals surface area contributed by atoms with Gasteiger partial charge in [-0.3, -0.25) is 14.3 Å². The van der Waals surface area contributed by atoms with Crippen molar-refractivity contribution in [3.05, 3.63) is 60.4 Å². The van der Waals surface area contributed by atoms with Gasteiger partial charge in [-0.15, -0.1) is 0 Å². The molecule has 0 bridgehead atoms. The standard InChI is InChI=1S/C18H20N4O2/c1-4-17(23)20(3)15-7-5-14(6-8-15)18(24)21-12-16-9-10-19-22(16)11-13(21)2/h4-10,13H,1,11-12H2,2-3H3. The highest BCUT2D eigenvalue weighted by atomic mass is 16.2. The maximum absolute atomic E-state index is 12.8. The van der Waals surface area contributed by atoms with Crippen LogP contribution in [0.3, 0.4) is 0 Å². The first-order valence-corrected chi connectivity index (χ1v) is 7.83. The Balaban J connectivity index is 1.78. The normalized spacial score (nSPS) is 16.4. The summed E-state index contributed by atoms with van der Waals surface area (Å²) in [5.74, 6) is -0.203. The fraction of sp³-hybridized carbons (Fsp3) is 0.278. The third kappa shape index (κ3) is 2.82. The average Bonchev–Trinajstić information content (AvgIpc) is 3.06. The summed E-state index contributed by atoms with van der Waals surface area (Å²) in [6.07, 6.45) is 3.02. The second kappa shape index (κ2) is 6.31. The van der Waals surface area contributed by atoms with Crippen molar-refractivity contribution in [2.75, 3.05) is 11.9 Å². The van der Waals surface area contributed by atoms with Crippen molar-refractivity contribution in [1.82, 2.24) is 14.7 Å². The van der Waals surface area contributed by atoms with Gasteiger partial charge in [0.1, 0.15) is 0 Å². The van der Waals surface area contributed by atoms with Crippen molar-refractivity contribution in [3.63, 3.8) is 0 Å². The topological polar surface area (TPSA) is 58.4 Å². The number of amides is 2. The highest BCUT2D eigenvalue weighted by Gasteiger charge is 2.27. The van der Waals surface area contributed by atoms with Crippen LogP contribution >= 0.6 is 0 Å². The minimum atomic E-state index is -0.188. The summed E-state index contributed by atoms with van der Waals surface area (Å²) >= 11 is 0. The van der Waals surface area contributed by atoms with E-state index in [1.807, 2.05) is 22.6 Å². The fourth-order valence-corrected chi connectivity index (χ4v) is 2.87. The van der Waals surface area contributed by atoms with Crippen LogP contribution in [0.1, 0.15) is 23.0 Å². The molecule has 1 unspecified atom stereocenters. The molecule has 6 heteroatoms. The second-order valence-corrected chi connectivity index (χ2v) is 5.93. The van der Waals surface area contributed by atoms with Crippen molar-refractivity contribution in [2.45, 2.75) is 26.1 Å². The van der Waals surface area contributed by atoms with E-state index in [0.717, 1.165) is 11.4 Å². The maximum Gasteiger partial charge on any atom is 0.254 e. The highest BCUT2D eigenvalue weighted by Crippen LogP contribution is 2.21. The van der Waals surface area contributed by atoms with Gasteiger partial charge >= 0.3 is 0 Å². The van der Waals surface area contributed by atoms with Gasteiger partial charge in [-0.2, -0.15) is 5.10 Å². The van der Waals surface area contributed by atoms with Crippen LogP contribution in [0.5, 0.6) is 0 Å². The first-order valence-electron chi connectivity index (χ1n) is 7.83. The molecular weight excluding hydrogens is 304 g/mol. The number of fused-ring (bicyclic) bond motifs is 1. The molecule has 0 spiro atoms. The zero-order valence-electron chi connectivity index (χ0n) is 13.8. The van der Waals surface area contributed by atoms with E-state index in [-0.39, 0.29) is 17.9 Å². The molecular formula is C18H20N4O2. The fourth-order valence-electron chi connectivity index (χ4n) is 2.87. The second-order valence-electron chi connectivity index (χ2n) is 5.93. The van der Waals surface area contributed by atoms with Crippen molar-refractivity contribution < 1.29 is 9.59 Å². The Hall–Kier alpha value is -2.89. The van der Waals surface area contributed by atoms with E-state index in [9.17, 15) is 9.59 Å². The molecule has 1 aromatic carbocycles. The van der Waals surface area contributed by atoms with Gasteiger partial charge in [-0.25, -0.2) is 0 Å². The van der Waals surface area contributed by atoms with Crippen molar-refractivity contribution in [3.8, 4) is 0 Å². The Morgan fingerprint density at radius 1 is 1.29 bits per heavy atom. The van der Waals surface area contributed by atoms with E-state index in [1.54, 1.807) is 37.5 Å². The van der Waals surface area contributed by atoms with Gasteiger partial charge in [0.25, 0.3) is 5.91 Å². The summed E-state index contributed by atoms with van der Waals surface area (Å²) in [7, 11) is 1.68. The smallest absolute Gasteiger partial charge is 0.254 e. The average molecular weight is 324 g/mol. The van der Waals surface area contributed by atoms with Gasteiger partial charge in [0.05, 0.1) is 18.8 Å². The number of likely N-dealkylation sites (N-methyl/N-ethyl adjacent to an activating group) is 1. The van der Waals surface area contributed by atoms with Crippen molar-refractivity contribution >= 4 is 17.5 Å². The lowest BCUT2D eigenvalue weighted by Crippen LogP contribution is -2.44. The van der Waals surface area contributed by atoms with E-state index in [1.165, 1.54) is 11.0 Å². The van der Waals surface area contributed by atoms with Gasteiger partial charge < -0.3 is 9.80 Å².